The van der Waals surface area contributed by atoms with Gasteiger partial charge in [-0.3, -0.25) is 10.1 Å². The van der Waals surface area contributed by atoms with Crippen LogP contribution in [-0.4, -0.2) is 30.6 Å². The number of aryl methyl sites for hydroxylation is 1. The maximum atomic E-state index is 11.3. The summed E-state index contributed by atoms with van der Waals surface area (Å²) in [6, 6.07) is 8.44. The van der Waals surface area contributed by atoms with E-state index in [2.05, 4.69) is 36.5 Å². The maximum absolute atomic E-state index is 11.3. The van der Waals surface area contributed by atoms with Crippen molar-refractivity contribution in [2.75, 3.05) is 13.6 Å². The number of benzene rings is 1. The Bertz CT molecular complexity index is 358. The van der Waals surface area contributed by atoms with E-state index in [0.717, 1.165) is 6.42 Å². The molecular weight excluding hydrogens is 188 g/mol. The Morgan fingerprint density at radius 2 is 2.07 bits per heavy atom. The maximum Gasteiger partial charge on any atom is 0.237 e. The highest BCUT2D eigenvalue weighted by molar-refractivity contribution is 5.80. The summed E-state index contributed by atoms with van der Waals surface area (Å²) in [5.74, 6) is 0.173. The van der Waals surface area contributed by atoms with E-state index in [1.165, 1.54) is 11.1 Å². The lowest BCUT2D eigenvalue weighted by Gasteiger charge is -2.19. The molecule has 0 saturated carbocycles. The minimum Gasteiger partial charge on any atom is -0.329 e. The standard InChI is InChI=1S/C12H16N2O/c1-9-3-5-10(6-4-9)7-11-13-8-12(15)14(11)2/h3-6,11,13H,7-8H2,1-2H3. The first-order valence-electron chi connectivity index (χ1n) is 5.21. The second-order valence-electron chi connectivity index (χ2n) is 4.09. The fourth-order valence-electron chi connectivity index (χ4n) is 1.80. The van der Waals surface area contributed by atoms with Crippen LogP contribution in [0.25, 0.3) is 0 Å². The largest absolute Gasteiger partial charge is 0.329 e. The molecule has 0 radical (unpaired) electrons. The molecule has 0 bridgehead atoms. The molecule has 0 aliphatic carbocycles. The van der Waals surface area contributed by atoms with E-state index in [4.69, 9.17) is 0 Å². The Kier molecular flexibility index (Phi) is 2.73. The molecule has 3 heteroatoms. The second kappa shape index (κ2) is 4.03. The highest BCUT2D eigenvalue weighted by Crippen LogP contribution is 2.10. The van der Waals surface area contributed by atoms with E-state index in [1.54, 1.807) is 4.90 Å². The molecule has 1 aliphatic heterocycles. The van der Waals surface area contributed by atoms with Crippen LogP contribution >= 0.6 is 0 Å². The number of rotatable bonds is 2. The Hall–Kier alpha value is -1.35. The minimum absolute atomic E-state index is 0.153. The van der Waals surface area contributed by atoms with Crippen LogP contribution in [0.4, 0.5) is 0 Å². The van der Waals surface area contributed by atoms with E-state index in [1.807, 2.05) is 7.05 Å². The number of nitrogens with one attached hydrogen (secondary N) is 1. The first kappa shape index (κ1) is 10.2. The highest BCUT2D eigenvalue weighted by Gasteiger charge is 2.26. The number of carbonyl (C=O) groups excluding carboxylic acids is 1. The van der Waals surface area contributed by atoms with Gasteiger partial charge < -0.3 is 4.90 Å². The third-order valence-electron chi connectivity index (χ3n) is 2.90. The van der Waals surface area contributed by atoms with Crippen molar-refractivity contribution in [3.8, 4) is 0 Å². The Morgan fingerprint density at radius 3 is 2.60 bits per heavy atom. The molecule has 1 aromatic carbocycles. The molecular formula is C12H16N2O. The summed E-state index contributed by atoms with van der Waals surface area (Å²) in [5, 5.41) is 3.20. The van der Waals surface area contributed by atoms with Gasteiger partial charge in [-0.25, -0.2) is 0 Å². The zero-order valence-electron chi connectivity index (χ0n) is 9.16. The molecule has 3 nitrogen and oxygen atoms in total. The van der Waals surface area contributed by atoms with Crippen LogP contribution in [-0.2, 0) is 11.2 Å². The lowest BCUT2D eigenvalue weighted by atomic mass is 10.1. The summed E-state index contributed by atoms with van der Waals surface area (Å²) in [6.45, 7) is 2.54. The Balaban J connectivity index is 2.03. The van der Waals surface area contributed by atoms with E-state index in [0.29, 0.717) is 6.54 Å². The SMILES string of the molecule is Cc1ccc(CC2NCC(=O)N2C)cc1. The quantitative estimate of drug-likeness (QED) is 0.777. The van der Waals surface area contributed by atoms with E-state index in [9.17, 15) is 4.79 Å². The van der Waals surface area contributed by atoms with Gasteiger partial charge >= 0.3 is 0 Å². The lowest BCUT2D eigenvalue weighted by Crippen LogP contribution is -2.35. The van der Waals surface area contributed by atoms with Crippen molar-refractivity contribution in [3.05, 3.63) is 35.4 Å². The normalized spacial score (nSPS) is 21.1. The number of hydrogen-bond acceptors (Lipinski definition) is 2. The number of hydrogen-bond donors (Lipinski definition) is 1. The zero-order valence-corrected chi connectivity index (χ0v) is 9.16. The van der Waals surface area contributed by atoms with Gasteiger partial charge in [0.1, 0.15) is 0 Å². The van der Waals surface area contributed by atoms with Gasteiger partial charge in [0.2, 0.25) is 5.91 Å². The van der Waals surface area contributed by atoms with E-state index in [-0.39, 0.29) is 12.1 Å². The molecule has 1 aliphatic rings. The lowest BCUT2D eigenvalue weighted by molar-refractivity contribution is -0.126. The van der Waals surface area contributed by atoms with Gasteiger partial charge in [0.25, 0.3) is 0 Å². The van der Waals surface area contributed by atoms with Gasteiger partial charge in [-0.2, -0.15) is 0 Å². The van der Waals surface area contributed by atoms with E-state index >= 15 is 0 Å². The molecule has 0 spiro atoms. The molecule has 80 valence electrons. The van der Waals surface area contributed by atoms with Crippen LogP contribution < -0.4 is 5.32 Å². The van der Waals surface area contributed by atoms with Gasteiger partial charge in [0.05, 0.1) is 12.7 Å². The van der Waals surface area contributed by atoms with Crippen LogP contribution in [0.5, 0.6) is 0 Å². The number of amides is 1. The zero-order chi connectivity index (χ0) is 10.8. The molecule has 1 heterocycles. The van der Waals surface area contributed by atoms with Crippen LogP contribution in [0.15, 0.2) is 24.3 Å². The third-order valence-corrected chi connectivity index (χ3v) is 2.90. The van der Waals surface area contributed by atoms with Crippen LogP contribution in [0.1, 0.15) is 11.1 Å². The van der Waals surface area contributed by atoms with Gasteiger partial charge in [-0.1, -0.05) is 29.8 Å². The molecule has 1 saturated heterocycles. The van der Waals surface area contributed by atoms with Crippen LogP contribution in [0.2, 0.25) is 0 Å². The van der Waals surface area contributed by atoms with Crippen molar-refractivity contribution < 1.29 is 4.79 Å². The van der Waals surface area contributed by atoms with Gasteiger partial charge in [0, 0.05) is 13.5 Å². The molecule has 1 atom stereocenters. The highest BCUT2D eigenvalue weighted by atomic mass is 16.2. The van der Waals surface area contributed by atoms with Crippen molar-refractivity contribution in [3.63, 3.8) is 0 Å². The van der Waals surface area contributed by atoms with Crippen LogP contribution in [0, 0.1) is 6.92 Å². The van der Waals surface area contributed by atoms with Gasteiger partial charge in [-0.15, -0.1) is 0 Å². The summed E-state index contributed by atoms with van der Waals surface area (Å²) in [4.78, 5) is 13.1. The Labute approximate surface area is 90.1 Å². The first-order valence-corrected chi connectivity index (χ1v) is 5.21. The summed E-state index contributed by atoms with van der Waals surface area (Å²) in [7, 11) is 1.85. The average Bonchev–Trinajstić information content (AvgIpc) is 2.53. The van der Waals surface area contributed by atoms with Crippen molar-refractivity contribution in [2.45, 2.75) is 19.5 Å². The predicted molar refractivity (Wildman–Crippen MR) is 59.4 cm³/mol. The molecule has 1 fully saturated rings. The number of likely N-dealkylation sites (N-methyl/N-ethyl adjacent to an activating group) is 1. The molecule has 2 rings (SSSR count). The van der Waals surface area contributed by atoms with Crippen molar-refractivity contribution in [1.29, 1.82) is 0 Å². The molecule has 1 aromatic rings. The molecule has 0 aromatic heterocycles. The summed E-state index contributed by atoms with van der Waals surface area (Å²) < 4.78 is 0. The van der Waals surface area contributed by atoms with Gasteiger partial charge in [0.15, 0.2) is 0 Å². The summed E-state index contributed by atoms with van der Waals surface area (Å²) in [6.07, 6.45) is 1.03. The first-order chi connectivity index (χ1) is 7.16. The minimum atomic E-state index is 0.153. The number of carbonyl (C=O) groups is 1. The molecule has 1 unspecified atom stereocenters. The number of nitrogens with zero attached hydrogens (tertiary/aromatic N) is 1. The molecule has 15 heavy (non-hydrogen) atoms. The van der Waals surface area contributed by atoms with Crippen molar-refractivity contribution in [1.82, 2.24) is 10.2 Å². The van der Waals surface area contributed by atoms with E-state index < -0.39 is 0 Å². The Morgan fingerprint density at radius 1 is 1.40 bits per heavy atom. The van der Waals surface area contributed by atoms with Crippen molar-refractivity contribution in [2.24, 2.45) is 0 Å². The fraction of sp³-hybridized carbons (Fsp3) is 0.417. The topological polar surface area (TPSA) is 32.3 Å². The summed E-state index contributed by atoms with van der Waals surface area (Å²) >= 11 is 0. The smallest absolute Gasteiger partial charge is 0.237 e. The predicted octanol–water partition coefficient (Wildman–Crippen LogP) is 0.925. The van der Waals surface area contributed by atoms with Crippen molar-refractivity contribution >= 4 is 5.91 Å². The third kappa shape index (κ3) is 2.18. The summed E-state index contributed by atoms with van der Waals surface area (Å²) in [5.41, 5.74) is 2.53. The fourth-order valence-corrected chi connectivity index (χ4v) is 1.80. The average molecular weight is 204 g/mol. The van der Waals surface area contributed by atoms with Crippen LogP contribution in [0.3, 0.4) is 0 Å². The molecule has 1 amide bonds. The molecule has 1 N–H and O–H groups in total. The second-order valence-corrected chi connectivity index (χ2v) is 4.09. The van der Waals surface area contributed by atoms with Gasteiger partial charge in [-0.05, 0) is 12.5 Å². The monoisotopic (exact) mass is 204 g/mol.